The number of hydrogen-bond acceptors (Lipinski definition) is 5. The van der Waals surface area contributed by atoms with E-state index in [2.05, 4.69) is 32.8 Å². The molecule has 1 aliphatic heterocycles. The smallest absolute Gasteiger partial charge is 0.272 e. The van der Waals surface area contributed by atoms with Crippen LogP contribution in [0.3, 0.4) is 0 Å². The van der Waals surface area contributed by atoms with Crippen LogP contribution in [0.1, 0.15) is 39.9 Å². The average Bonchev–Trinajstić information content (AvgIpc) is 2.69. The molecule has 1 fully saturated rings. The van der Waals surface area contributed by atoms with E-state index in [1.54, 1.807) is 12.1 Å². The zero-order valence-corrected chi connectivity index (χ0v) is 15.0. The van der Waals surface area contributed by atoms with Gasteiger partial charge in [-0.1, -0.05) is 19.1 Å². The van der Waals surface area contributed by atoms with Crippen LogP contribution in [0.4, 0.5) is 4.39 Å². The third kappa shape index (κ3) is 4.85. The molecule has 3 rings (SSSR count). The number of nitrogens with one attached hydrogen (secondary N) is 3. The van der Waals surface area contributed by atoms with E-state index in [0.29, 0.717) is 0 Å². The Morgan fingerprint density at radius 3 is 2.48 bits per heavy atom. The number of piperidine rings is 1. The van der Waals surface area contributed by atoms with Crippen molar-refractivity contribution in [3.05, 3.63) is 59.4 Å². The SMILES string of the molecule is CC1CNCCC1NC(=O)c1nccnc1C(=O)NCc1ccc(F)cc1. The third-order valence-electron chi connectivity index (χ3n) is 4.60. The minimum Gasteiger partial charge on any atom is -0.348 e. The molecule has 8 heteroatoms. The van der Waals surface area contributed by atoms with Crippen molar-refractivity contribution < 1.29 is 14.0 Å². The van der Waals surface area contributed by atoms with Gasteiger partial charge in [0.1, 0.15) is 5.82 Å². The molecule has 2 atom stereocenters. The maximum atomic E-state index is 13.0. The summed E-state index contributed by atoms with van der Waals surface area (Å²) in [6.07, 6.45) is 3.58. The second-order valence-electron chi connectivity index (χ2n) is 6.61. The molecule has 1 aromatic heterocycles. The van der Waals surface area contributed by atoms with Gasteiger partial charge in [-0.3, -0.25) is 9.59 Å². The van der Waals surface area contributed by atoms with Gasteiger partial charge in [-0.25, -0.2) is 14.4 Å². The summed E-state index contributed by atoms with van der Waals surface area (Å²) in [5.41, 5.74) is 0.710. The molecule has 2 unspecified atom stereocenters. The number of carbonyl (C=O) groups is 2. The van der Waals surface area contributed by atoms with Crippen molar-refractivity contribution in [2.75, 3.05) is 13.1 Å². The van der Waals surface area contributed by atoms with Crippen LogP contribution in [0.15, 0.2) is 36.7 Å². The quantitative estimate of drug-likeness (QED) is 0.736. The molecule has 142 valence electrons. The van der Waals surface area contributed by atoms with E-state index in [0.717, 1.165) is 25.1 Å². The summed E-state index contributed by atoms with van der Waals surface area (Å²) in [7, 11) is 0. The van der Waals surface area contributed by atoms with Crippen molar-refractivity contribution >= 4 is 11.8 Å². The predicted octanol–water partition coefficient (Wildman–Crippen LogP) is 1.27. The van der Waals surface area contributed by atoms with E-state index in [1.165, 1.54) is 24.5 Å². The van der Waals surface area contributed by atoms with Crippen LogP contribution in [-0.4, -0.2) is 40.9 Å². The van der Waals surface area contributed by atoms with Gasteiger partial charge < -0.3 is 16.0 Å². The van der Waals surface area contributed by atoms with Gasteiger partial charge in [-0.2, -0.15) is 0 Å². The highest BCUT2D eigenvalue weighted by molar-refractivity contribution is 6.04. The van der Waals surface area contributed by atoms with Crippen LogP contribution in [-0.2, 0) is 6.54 Å². The van der Waals surface area contributed by atoms with Gasteiger partial charge in [-0.05, 0) is 43.1 Å². The molecule has 0 aliphatic carbocycles. The summed E-state index contributed by atoms with van der Waals surface area (Å²) in [5, 5.41) is 8.92. The number of rotatable bonds is 5. The van der Waals surface area contributed by atoms with Crippen molar-refractivity contribution in [3.8, 4) is 0 Å². The summed E-state index contributed by atoms with van der Waals surface area (Å²) in [6.45, 7) is 3.92. The van der Waals surface area contributed by atoms with Crippen LogP contribution < -0.4 is 16.0 Å². The standard InChI is InChI=1S/C19H22FN5O2/c1-12-10-21-7-6-15(12)25-19(27)17-16(22-8-9-23-17)18(26)24-11-13-2-4-14(20)5-3-13/h2-5,8-9,12,15,21H,6-7,10-11H2,1H3,(H,24,26)(H,25,27). The summed E-state index contributed by atoms with van der Waals surface area (Å²) in [5.74, 6) is -0.968. The molecule has 1 saturated heterocycles. The Balaban J connectivity index is 1.67. The maximum Gasteiger partial charge on any atom is 0.272 e. The fourth-order valence-electron chi connectivity index (χ4n) is 3.00. The fraction of sp³-hybridized carbons (Fsp3) is 0.368. The number of benzene rings is 1. The molecular weight excluding hydrogens is 349 g/mol. The summed E-state index contributed by atoms with van der Waals surface area (Å²) in [4.78, 5) is 33.2. The molecule has 1 aliphatic rings. The second-order valence-corrected chi connectivity index (χ2v) is 6.61. The maximum absolute atomic E-state index is 13.0. The number of nitrogens with zero attached hydrogens (tertiary/aromatic N) is 2. The van der Waals surface area contributed by atoms with E-state index in [9.17, 15) is 14.0 Å². The van der Waals surface area contributed by atoms with E-state index < -0.39 is 11.8 Å². The van der Waals surface area contributed by atoms with Crippen molar-refractivity contribution in [1.29, 1.82) is 0 Å². The Morgan fingerprint density at radius 1 is 1.15 bits per heavy atom. The Bertz CT molecular complexity index is 812. The first-order valence-corrected chi connectivity index (χ1v) is 8.90. The lowest BCUT2D eigenvalue weighted by molar-refractivity contribution is 0.0885. The van der Waals surface area contributed by atoms with Crippen molar-refractivity contribution in [2.45, 2.75) is 25.9 Å². The lowest BCUT2D eigenvalue weighted by Gasteiger charge is -2.30. The molecule has 2 aromatic rings. The zero-order chi connectivity index (χ0) is 19.2. The summed E-state index contributed by atoms with van der Waals surface area (Å²) < 4.78 is 13.0. The Labute approximate surface area is 156 Å². The van der Waals surface area contributed by atoms with E-state index in [4.69, 9.17) is 0 Å². The monoisotopic (exact) mass is 371 g/mol. The first kappa shape index (κ1) is 18.9. The van der Waals surface area contributed by atoms with Crippen LogP contribution >= 0.6 is 0 Å². The lowest BCUT2D eigenvalue weighted by atomic mass is 9.95. The third-order valence-corrected chi connectivity index (χ3v) is 4.60. The second kappa shape index (κ2) is 8.68. The van der Waals surface area contributed by atoms with Gasteiger partial charge in [-0.15, -0.1) is 0 Å². The van der Waals surface area contributed by atoms with E-state index in [1.807, 2.05) is 0 Å². The number of amides is 2. The minimum absolute atomic E-state index is 0.000149. The molecule has 0 radical (unpaired) electrons. The van der Waals surface area contributed by atoms with Gasteiger partial charge in [0.15, 0.2) is 11.4 Å². The first-order valence-electron chi connectivity index (χ1n) is 8.90. The molecule has 3 N–H and O–H groups in total. The Morgan fingerprint density at radius 2 is 1.81 bits per heavy atom. The Kier molecular flexibility index (Phi) is 6.08. The van der Waals surface area contributed by atoms with Crippen LogP contribution in [0.25, 0.3) is 0 Å². The minimum atomic E-state index is -0.504. The van der Waals surface area contributed by atoms with Crippen LogP contribution in [0, 0.1) is 11.7 Å². The highest BCUT2D eigenvalue weighted by Crippen LogP contribution is 2.12. The molecule has 2 amide bonds. The average molecular weight is 371 g/mol. The predicted molar refractivity (Wildman–Crippen MR) is 97.5 cm³/mol. The number of hydrogen-bond donors (Lipinski definition) is 3. The molecule has 27 heavy (non-hydrogen) atoms. The van der Waals surface area contributed by atoms with Gasteiger partial charge in [0, 0.05) is 25.0 Å². The molecule has 1 aromatic carbocycles. The van der Waals surface area contributed by atoms with E-state index in [-0.39, 0.29) is 35.7 Å². The summed E-state index contributed by atoms with van der Waals surface area (Å²) >= 11 is 0. The largest absolute Gasteiger partial charge is 0.348 e. The van der Waals surface area contributed by atoms with Gasteiger partial charge in [0.05, 0.1) is 0 Å². The van der Waals surface area contributed by atoms with Crippen molar-refractivity contribution in [2.24, 2.45) is 5.92 Å². The Hall–Kier alpha value is -2.87. The molecule has 0 spiro atoms. The molecule has 2 heterocycles. The molecule has 7 nitrogen and oxygen atoms in total. The van der Waals surface area contributed by atoms with Crippen LogP contribution in [0.2, 0.25) is 0 Å². The number of carbonyl (C=O) groups excluding carboxylic acids is 2. The summed E-state index contributed by atoms with van der Waals surface area (Å²) in [6, 6.07) is 5.83. The van der Waals surface area contributed by atoms with Crippen molar-refractivity contribution in [3.63, 3.8) is 0 Å². The molecule has 0 bridgehead atoms. The lowest BCUT2D eigenvalue weighted by Crippen LogP contribution is -2.48. The normalized spacial score (nSPS) is 19.3. The van der Waals surface area contributed by atoms with Gasteiger partial charge in [0.25, 0.3) is 11.8 Å². The van der Waals surface area contributed by atoms with Crippen LogP contribution in [0.5, 0.6) is 0 Å². The first-order chi connectivity index (χ1) is 13.0. The van der Waals surface area contributed by atoms with Crippen molar-refractivity contribution in [1.82, 2.24) is 25.9 Å². The fourth-order valence-corrected chi connectivity index (χ4v) is 3.00. The number of halogens is 1. The molecule has 0 saturated carbocycles. The van der Waals surface area contributed by atoms with Gasteiger partial charge in [0.2, 0.25) is 0 Å². The highest BCUT2D eigenvalue weighted by Gasteiger charge is 2.26. The topological polar surface area (TPSA) is 96.0 Å². The zero-order valence-electron chi connectivity index (χ0n) is 15.0. The highest BCUT2D eigenvalue weighted by atomic mass is 19.1. The number of aromatic nitrogens is 2. The van der Waals surface area contributed by atoms with E-state index >= 15 is 0 Å². The van der Waals surface area contributed by atoms with Gasteiger partial charge >= 0.3 is 0 Å². The molecular formula is C19H22FN5O2.